The third kappa shape index (κ3) is 5.09. The molecule has 1 saturated heterocycles. The number of piperidine rings is 1. The van der Waals surface area contributed by atoms with Crippen LogP contribution in [-0.4, -0.2) is 53.7 Å². The molecule has 0 aromatic heterocycles. The molecule has 0 aliphatic carbocycles. The summed E-state index contributed by atoms with van der Waals surface area (Å²) >= 11 is 0. The molecule has 2 unspecified atom stereocenters. The van der Waals surface area contributed by atoms with Crippen LogP contribution in [0.5, 0.6) is 0 Å². The first-order valence-electron chi connectivity index (χ1n) is 7.33. The van der Waals surface area contributed by atoms with Crippen LogP contribution in [0.4, 0.5) is 0 Å². The van der Waals surface area contributed by atoms with Gasteiger partial charge in [0.25, 0.3) is 0 Å². The Hall–Kier alpha value is -1.14. The van der Waals surface area contributed by atoms with Crippen molar-refractivity contribution in [1.29, 1.82) is 0 Å². The average Bonchev–Trinajstić information content (AvgIpc) is 2.45. The fourth-order valence-electron chi connectivity index (χ4n) is 2.26. The number of carboxylic acid groups (broad SMARTS) is 1. The highest BCUT2D eigenvalue weighted by atomic mass is 16.5. The Morgan fingerprint density at radius 3 is 2.50 bits per heavy atom. The van der Waals surface area contributed by atoms with Crippen molar-refractivity contribution in [3.05, 3.63) is 0 Å². The van der Waals surface area contributed by atoms with E-state index in [-0.39, 0.29) is 31.0 Å². The zero-order valence-corrected chi connectivity index (χ0v) is 12.4. The van der Waals surface area contributed by atoms with Crippen LogP contribution in [0.25, 0.3) is 0 Å². The van der Waals surface area contributed by atoms with Crippen LogP contribution in [0.3, 0.4) is 0 Å². The third-order valence-corrected chi connectivity index (χ3v) is 3.97. The summed E-state index contributed by atoms with van der Waals surface area (Å²) in [7, 11) is 0. The predicted molar refractivity (Wildman–Crippen MR) is 75.2 cm³/mol. The van der Waals surface area contributed by atoms with E-state index >= 15 is 0 Å². The molecule has 0 radical (unpaired) electrons. The number of carbonyl (C=O) groups is 2. The molecule has 0 saturated carbocycles. The molecule has 0 aromatic rings. The molecule has 1 aliphatic rings. The van der Waals surface area contributed by atoms with Gasteiger partial charge < -0.3 is 20.5 Å². The van der Waals surface area contributed by atoms with Gasteiger partial charge in [0.1, 0.15) is 0 Å². The number of hydrogen-bond donors (Lipinski definition) is 2. The zero-order chi connectivity index (χ0) is 15.1. The summed E-state index contributed by atoms with van der Waals surface area (Å²) in [5.74, 6) is -0.646. The van der Waals surface area contributed by atoms with Crippen molar-refractivity contribution in [2.24, 2.45) is 11.7 Å². The van der Waals surface area contributed by atoms with Crippen molar-refractivity contribution >= 4 is 11.9 Å². The highest BCUT2D eigenvalue weighted by molar-refractivity contribution is 5.82. The molecule has 1 amide bonds. The molecule has 116 valence electrons. The first-order valence-corrected chi connectivity index (χ1v) is 7.33. The van der Waals surface area contributed by atoms with E-state index < -0.39 is 12.0 Å². The van der Waals surface area contributed by atoms with Gasteiger partial charge in [-0.15, -0.1) is 0 Å². The van der Waals surface area contributed by atoms with Crippen molar-refractivity contribution < 1.29 is 19.4 Å². The van der Waals surface area contributed by atoms with E-state index in [0.29, 0.717) is 13.1 Å². The van der Waals surface area contributed by atoms with Crippen LogP contribution in [0.15, 0.2) is 0 Å². The summed E-state index contributed by atoms with van der Waals surface area (Å²) in [6, 6.07) is -0.426. The molecule has 0 bridgehead atoms. The molecule has 0 spiro atoms. The minimum atomic E-state index is -0.850. The fourth-order valence-corrected chi connectivity index (χ4v) is 2.26. The van der Waals surface area contributed by atoms with E-state index in [1.165, 1.54) is 0 Å². The highest BCUT2D eigenvalue weighted by Crippen LogP contribution is 2.17. The Bertz CT molecular complexity index is 327. The molecule has 20 heavy (non-hydrogen) atoms. The minimum absolute atomic E-state index is 0.0170. The van der Waals surface area contributed by atoms with Crippen molar-refractivity contribution in [1.82, 2.24) is 4.90 Å². The lowest BCUT2D eigenvalue weighted by Crippen LogP contribution is -2.50. The molecular formula is C14H26N2O4. The lowest BCUT2D eigenvalue weighted by atomic mass is 9.97. The van der Waals surface area contributed by atoms with Gasteiger partial charge in [-0.2, -0.15) is 0 Å². The van der Waals surface area contributed by atoms with Gasteiger partial charge >= 0.3 is 5.97 Å². The first-order chi connectivity index (χ1) is 9.45. The molecule has 1 aliphatic heterocycles. The maximum Gasteiger partial charge on any atom is 0.305 e. The average molecular weight is 286 g/mol. The van der Waals surface area contributed by atoms with Crippen LogP contribution >= 0.6 is 0 Å². The van der Waals surface area contributed by atoms with Crippen molar-refractivity contribution in [3.63, 3.8) is 0 Å². The van der Waals surface area contributed by atoms with Crippen LogP contribution in [0, 0.1) is 5.92 Å². The van der Waals surface area contributed by atoms with Crippen molar-refractivity contribution in [2.45, 2.75) is 51.7 Å². The van der Waals surface area contributed by atoms with E-state index in [0.717, 1.165) is 19.3 Å². The van der Waals surface area contributed by atoms with Gasteiger partial charge in [0, 0.05) is 13.1 Å². The Morgan fingerprint density at radius 2 is 2.00 bits per heavy atom. The van der Waals surface area contributed by atoms with Crippen LogP contribution in [0.1, 0.15) is 39.5 Å². The molecule has 6 heteroatoms. The van der Waals surface area contributed by atoms with Gasteiger partial charge in [-0.3, -0.25) is 9.59 Å². The number of aliphatic carboxylic acids is 1. The Kier molecular flexibility index (Phi) is 6.95. The summed E-state index contributed by atoms with van der Waals surface area (Å²) in [5.41, 5.74) is 5.96. The number of hydrogen-bond acceptors (Lipinski definition) is 4. The second-order valence-corrected chi connectivity index (χ2v) is 5.45. The lowest BCUT2D eigenvalue weighted by molar-refractivity contribution is -0.139. The molecule has 1 fully saturated rings. The summed E-state index contributed by atoms with van der Waals surface area (Å²) in [6.45, 7) is 5.53. The molecule has 3 N–H and O–H groups in total. The summed E-state index contributed by atoms with van der Waals surface area (Å²) in [5, 5.41) is 8.55. The zero-order valence-electron chi connectivity index (χ0n) is 12.4. The van der Waals surface area contributed by atoms with E-state index in [1.807, 2.05) is 13.8 Å². The van der Waals surface area contributed by atoms with Crippen molar-refractivity contribution in [3.8, 4) is 0 Å². The van der Waals surface area contributed by atoms with Crippen molar-refractivity contribution in [2.75, 3.05) is 19.7 Å². The number of nitrogens with two attached hydrogens (primary N) is 1. The molecule has 1 rings (SSSR count). The summed E-state index contributed by atoms with van der Waals surface area (Å²) in [4.78, 5) is 24.4. The van der Waals surface area contributed by atoms with Crippen LogP contribution < -0.4 is 5.73 Å². The van der Waals surface area contributed by atoms with E-state index in [9.17, 15) is 9.59 Å². The molecule has 0 aromatic carbocycles. The highest BCUT2D eigenvalue weighted by Gasteiger charge is 2.28. The number of carboxylic acids is 1. The molecule has 6 nitrogen and oxygen atoms in total. The van der Waals surface area contributed by atoms with Gasteiger partial charge in [-0.25, -0.2) is 0 Å². The second kappa shape index (κ2) is 8.21. The SMILES string of the molecule is CCC(C)C(N)C(=O)N1CCC(OCCC(=O)O)CC1. The van der Waals surface area contributed by atoms with E-state index in [4.69, 9.17) is 15.6 Å². The Morgan fingerprint density at radius 1 is 1.40 bits per heavy atom. The Balaban J connectivity index is 2.31. The van der Waals surface area contributed by atoms with Gasteiger partial charge in [0.15, 0.2) is 0 Å². The largest absolute Gasteiger partial charge is 0.481 e. The monoisotopic (exact) mass is 286 g/mol. The number of likely N-dealkylation sites (tertiary alicyclic amines) is 1. The lowest BCUT2D eigenvalue weighted by Gasteiger charge is -2.34. The van der Waals surface area contributed by atoms with Crippen LogP contribution in [0.2, 0.25) is 0 Å². The number of ether oxygens (including phenoxy) is 1. The second-order valence-electron chi connectivity index (χ2n) is 5.45. The smallest absolute Gasteiger partial charge is 0.305 e. The molecular weight excluding hydrogens is 260 g/mol. The predicted octanol–water partition coefficient (Wildman–Crippen LogP) is 0.842. The Labute approximate surface area is 120 Å². The van der Waals surface area contributed by atoms with Gasteiger partial charge in [-0.05, 0) is 18.8 Å². The molecule has 1 heterocycles. The first kappa shape index (κ1) is 16.9. The number of amides is 1. The molecule has 2 atom stereocenters. The number of rotatable bonds is 7. The quantitative estimate of drug-likeness (QED) is 0.723. The van der Waals surface area contributed by atoms with Gasteiger partial charge in [0.2, 0.25) is 5.91 Å². The van der Waals surface area contributed by atoms with Gasteiger partial charge in [0.05, 0.1) is 25.2 Å². The number of nitrogens with zero attached hydrogens (tertiary/aromatic N) is 1. The number of carbonyl (C=O) groups excluding carboxylic acids is 1. The van der Waals surface area contributed by atoms with Gasteiger partial charge in [-0.1, -0.05) is 20.3 Å². The minimum Gasteiger partial charge on any atom is -0.481 e. The maximum absolute atomic E-state index is 12.2. The topological polar surface area (TPSA) is 92.9 Å². The standard InChI is InChI=1S/C14H26N2O4/c1-3-10(2)13(15)14(19)16-7-4-11(5-8-16)20-9-6-12(17)18/h10-11,13H,3-9,15H2,1-2H3,(H,17,18). The normalized spacial score (nSPS) is 19.6. The maximum atomic E-state index is 12.2. The van der Waals surface area contributed by atoms with Crippen LogP contribution in [-0.2, 0) is 14.3 Å². The van der Waals surface area contributed by atoms with E-state index in [2.05, 4.69) is 0 Å². The fraction of sp³-hybridized carbons (Fsp3) is 0.857. The summed E-state index contributed by atoms with van der Waals surface area (Å²) in [6.07, 6.45) is 2.47. The van der Waals surface area contributed by atoms with E-state index in [1.54, 1.807) is 4.90 Å². The summed E-state index contributed by atoms with van der Waals surface area (Å²) < 4.78 is 5.50. The third-order valence-electron chi connectivity index (χ3n) is 3.97.